The SMILES string of the molecule is Cc1cccc(SC2(C#N)CC(C(C)(C)C)C2)c1. The Labute approximate surface area is 115 Å². The molecule has 1 aromatic rings. The molecule has 0 spiro atoms. The van der Waals surface area contributed by atoms with Crippen molar-refractivity contribution >= 4 is 11.8 Å². The molecule has 2 heteroatoms. The number of aryl methyl sites for hydroxylation is 1. The van der Waals surface area contributed by atoms with Gasteiger partial charge in [0.2, 0.25) is 0 Å². The van der Waals surface area contributed by atoms with Crippen molar-refractivity contribution < 1.29 is 0 Å². The summed E-state index contributed by atoms with van der Waals surface area (Å²) in [5, 5.41) is 9.48. The fraction of sp³-hybridized carbons (Fsp3) is 0.562. The third-order valence-electron chi connectivity index (χ3n) is 3.88. The number of hydrogen-bond acceptors (Lipinski definition) is 2. The van der Waals surface area contributed by atoms with Crippen molar-refractivity contribution in [3.63, 3.8) is 0 Å². The molecule has 0 saturated heterocycles. The summed E-state index contributed by atoms with van der Waals surface area (Å²) in [4.78, 5) is 1.23. The molecule has 0 bridgehead atoms. The Hall–Kier alpha value is -0.940. The third-order valence-corrected chi connectivity index (χ3v) is 5.19. The van der Waals surface area contributed by atoms with Crippen LogP contribution in [0.2, 0.25) is 0 Å². The highest BCUT2D eigenvalue weighted by molar-refractivity contribution is 8.01. The quantitative estimate of drug-likeness (QED) is 0.761. The van der Waals surface area contributed by atoms with Gasteiger partial charge in [-0.25, -0.2) is 0 Å². The average Bonchev–Trinajstić information content (AvgIpc) is 2.21. The van der Waals surface area contributed by atoms with E-state index in [-0.39, 0.29) is 4.75 Å². The van der Waals surface area contributed by atoms with Crippen LogP contribution in [0.15, 0.2) is 29.2 Å². The molecule has 1 saturated carbocycles. The monoisotopic (exact) mass is 259 g/mol. The predicted molar refractivity (Wildman–Crippen MR) is 77.6 cm³/mol. The van der Waals surface area contributed by atoms with Crippen molar-refractivity contribution in [1.29, 1.82) is 5.26 Å². The number of rotatable bonds is 2. The van der Waals surface area contributed by atoms with E-state index in [1.54, 1.807) is 11.8 Å². The summed E-state index contributed by atoms with van der Waals surface area (Å²) in [7, 11) is 0. The van der Waals surface area contributed by atoms with Gasteiger partial charge in [0, 0.05) is 4.90 Å². The van der Waals surface area contributed by atoms with Crippen LogP contribution in [-0.4, -0.2) is 4.75 Å². The van der Waals surface area contributed by atoms with Crippen LogP contribution in [0.4, 0.5) is 0 Å². The zero-order valence-corrected chi connectivity index (χ0v) is 12.5. The molecule has 0 N–H and O–H groups in total. The number of benzene rings is 1. The zero-order valence-electron chi connectivity index (χ0n) is 11.7. The van der Waals surface area contributed by atoms with Gasteiger partial charge < -0.3 is 0 Å². The molecule has 18 heavy (non-hydrogen) atoms. The molecular formula is C16H21NS. The standard InChI is InChI=1S/C16H21NS/c1-12-6-5-7-14(8-12)18-16(11-17)9-13(10-16)15(2,3)4/h5-8,13H,9-10H2,1-4H3. The van der Waals surface area contributed by atoms with Crippen LogP contribution >= 0.6 is 11.8 Å². The van der Waals surface area contributed by atoms with Crippen molar-refractivity contribution in [3.05, 3.63) is 29.8 Å². The van der Waals surface area contributed by atoms with E-state index in [0.717, 1.165) is 12.8 Å². The number of thioether (sulfide) groups is 1. The molecule has 96 valence electrons. The van der Waals surface area contributed by atoms with E-state index >= 15 is 0 Å². The molecular weight excluding hydrogens is 238 g/mol. The number of hydrogen-bond donors (Lipinski definition) is 0. The van der Waals surface area contributed by atoms with Crippen LogP contribution in [0.5, 0.6) is 0 Å². The normalized spacial score (nSPS) is 27.4. The Morgan fingerprint density at radius 3 is 2.50 bits per heavy atom. The highest BCUT2D eigenvalue weighted by atomic mass is 32.2. The maximum atomic E-state index is 9.48. The van der Waals surface area contributed by atoms with E-state index in [0.29, 0.717) is 11.3 Å². The van der Waals surface area contributed by atoms with E-state index in [1.165, 1.54) is 10.5 Å². The van der Waals surface area contributed by atoms with Gasteiger partial charge in [0.15, 0.2) is 0 Å². The van der Waals surface area contributed by atoms with Gasteiger partial charge in [-0.2, -0.15) is 5.26 Å². The molecule has 0 aromatic heterocycles. The van der Waals surface area contributed by atoms with Crippen molar-refractivity contribution in [2.45, 2.75) is 50.2 Å². The van der Waals surface area contributed by atoms with E-state index in [9.17, 15) is 5.26 Å². The van der Waals surface area contributed by atoms with Crippen LogP contribution < -0.4 is 0 Å². The Morgan fingerprint density at radius 1 is 1.33 bits per heavy atom. The third kappa shape index (κ3) is 2.72. The van der Waals surface area contributed by atoms with Gasteiger partial charge in [0.05, 0.1) is 6.07 Å². The summed E-state index contributed by atoms with van der Waals surface area (Å²) >= 11 is 1.75. The van der Waals surface area contributed by atoms with E-state index in [1.807, 2.05) is 0 Å². The van der Waals surface area contributed by atoms with Gasteiger partial charge in [-0.1, -0.05) is 38.5 Å². The average molecular weight is 259 g/mol. The lowest BCUT2D eigenvalue weighted by molar-refractivity contribution is 0.122. The molecule has 1 aromatic carbocycles. The highest BCUT2D eigenvalue weighted by Gasteiger charge is 2.49. The van der Waals surface area contributed by atoms with Gasteiger partial charge in [-0.05, 0) is 43.2 Å². The fourth-order valence-corrected chi connectivity index (χ4v) is 3.91. The van der Waals surface area contributed by atoms with Gasteiger partial charge in [0.25, 0.3) is 0 Å². The van der Waals surface area contributed by atoms with E-state index < -0.39 is 0 Å². The molecule has 1 aliphatic rings. The maximum absolute atomic E-state index is 9.48. The summed E-state index contributed by atoms with van der Waals surface area (Å²) in [5.74, 6) is 0.675. The topological polar surface area (TPSA) is 23.8 Å². The van der Waals surface area contributed by atoms with Crippen molar-refractivity contribution in [3.8, 4) is 6.07 Å². The largest absolute Gasteiger partial charge is 0.197 e. The summed E-state index contributed by atoms with van der Waals surface area (Å²) in [6.45, 7) is 8.92. The van der Waals surface area contributed by atoms with E-state index in [4.69, 9.17) is 0 Å². The summed E-state index contributed by atoms with van der Waals surface area (Å²) in [6.07, 6.45) is 2.04. The fourth-order valence-electron chi connectivity index (χ4n) is 2.45. The smallest absolute Gasteiger partial charge is 0.108 e. The maximum Gasteiger partial charge on any atom is 0.108 e. The van der Waals surface area contributed by atoms with Crippen LogP contribution in [0.3, 0.4) is 0 Å². The molecule has 0 atom stereocenters. The minimum atomic E-state index is -0.189. The van der Waals surface area contributed by atoms with Crippen molar-refractivity contribution in [1.82, 2.24) is 0 Å². The van der Waals surface area contributed by atoms with Gasteiger partial charge in [-0.3, -0.25) is 0 Å². The van der Waals surface area contributed by atoms with Crippen molar-refractivity contribution in [2.24, 2.45) is 11.3 Å². The molecule has 0 unspecified atom stereocenters. The Kier molecular flexibility index (Phi) is 3.47. The lowest BCUT2D eigenvalue weighted by Gasteiger charge is -2.48. The molecule has 0 heterocycles. The second-order valence-corrected chi connectivity index (χ2v) is 7.95. The lowest BCUT2D eigenvalue weighted by atomic mass is 9.63. The molecule has 0 aliphatic heterocycles. The van der Waals surface area contributed by atoms with Crippen LogP contribution in [0, 0.1) is 29.6 Å². The second kappa shape index (κ2) is 4.63. The van der Waals surface area contributed by atoms with Crippen molar-refractivity contribution in [2.75, 3.05) is 0 Å². The molecule has 0 amide bonds. The Bertz CT molecular complexity index is 473. The number of nitriles is 1. The second-order valence-electron chi connectivity index (χ2n) is 6.50. The van der Waals surface area contributed by atoms with Crippen LogP contribution in [0.1, 0.15) is 39.2 Å². The highest BCUT2D eigenvalue weighted by Crippen LogP contribution is 2.55. The molecule has 1 fully saturated rings. The molecule has 0 radical (unpaired) electrons. The Morgan fingerprint density at radius 2 is 2.00 bits per heavy atom. The number of nitrogens with zero attached hydrogens (tertiary/aromatic N) is 1. The lowest BCUT2D eigenvalue weighted by Crippen LogP contribution is -2.45. The van der Waals surface area contributed by atoms with E-state index in [2.05, 4.69) is 58.0 Å². The molecule has 1 aliphatic carbocycles. The first-order valence-corrected chi connectivity index (χ1v) is 7.33. The van der Waals surface area contributed by atoms with Gasteiger partial charge >= 0.3 is 0 Å². The molecule has 1 nitrogen and oxygen atoms in total. The Balaban J connectivity index is 2.07. The first kappa shape index (κ1) is 13.5. The van der Waals surface area contributed by atoms with Crippen LogP contribution in [-0.2, 0) is 0 Å². The zero-order chi connectivity index (χ0) is 13.4. The first-order valence-electron chi connectivity index (χ1n) is 6.52. The minimum absolute atomic E-state index is 0.189. The van der Waals surface area contributed by atoms with Crippen LogP contribution in [0.25, 0.3) is 0 Å². The summed E-state index contributed by atoms with van der Waals surface area (Å²) in [6, 6.07) is 11.0. The first-order chi connectivity index (χ1) is 8.35. The van der Waals surface area contributed by atoms with Gasteiger partial charge in [-0.15, -0.1) is 11.8 Å². The molecule has 2 rings (SSSR count). The summed E-state index contributed by atoms with van der Waals surface area (Å²) in [5.41, 5.74) is 1.59. The minimum Gasteiger partial charge on any atom is -0.197 e. The predicted octanol–water partition coefficient (Wildman–Crippen LogP) is 4.81. The summed E-state index contributed by atoms with van der Waals surface area (Å²) < 4.78 is -0.189. The van der Waals surface area contributed by atoms with Gasteiger partial charge in [0.1, 0.15) is 4.75 Å².